The van der Waals surface area contributed by atoms with E-state index in [2.05, 4.69) is 6.07 Å². The van der Waals surface area contributed by atoms with Crippen molar-refractivity contribution in [1.29, 1.82) is 5.26 Å². The maximum absolute atomic E-state index is 13.2. The average molecular weight is 367 g/mol. The topological polar surface area (TPSA) is 57.2 Å². The largest absolute Gasteiger partial charge is 0.449 e. The predicted molar refractivity (Wildman–Crippen MR) is 102 cm³/mol. The number of rotatable bonds is 4. The van der Waals surface area contributed by atoms with Crippen LogP contribution >= 0.6 is 11.6 Å². The Kier molecular flexibility index (Phi) is 5.01. The van der Waals surface area contributed by atoms with Gasteiger partial charge in [-0.15, -0.1) is 0 Å². The highest BCUT2D eigenvalue weighted by molar-refractivity contribution is 6.35. The van der Waals surface area contributed by atoms with E-state index in [0.29, 0.717) is 28.5 Å². The molecule has 3 aromatic rings. The summed E-state index contributed by atoms with van der Waals surface area (Å²) < 4.78 is 5.83. The Morgan fingerprint density at radius 3 is 2.54 bits per heavy atom. The van der Waals surface area contributed by atoms with Crippen LogP contribution < -0.4 is 0 Å². The second-order valence-corrected chi connectivity index (χ2v) is 6.58. The lowest BCUT2D eigenvalue weighted by atomic mass is 10.0. The molecule has 0 aliphatic rings. The Hall–Kier alpha value is -2.77. The van der Waals surface area contributed by atoms with Gasteiger partial charge in [0.05, 0.1) is 22.7 Å². The molecule has 0 aliphatic carbocycles. The summed E-state index contributed by atoms with van der Waals surface area (Å²) >= 11 is 6.20. The average Bonchev–Trinajstić information content (AvgIpc) is 3.00. The molecule has 5 heteroatoms. The SMILES string of the molecule is CCN(C(=O)c1oc2c(Cl)cccc2c1C)C(C)c1ccc(C#N)cc1. The highest BCUT2D eigenvalue weighted by Gasteiger charge is 2.27. The summed E-state index contributed by atoms with van der Waals surface area (Å²) in [7, 11) is 0. The number of halogens is 1. The van der Waals surface area contributed by atoms with Gasteiger partial charge in [-0.1, -0.05) is 35.9 Å². The summed E-state index contributed by atoms with van der Waals surface area (Å²) in [5.74, 6) is 0.143. The summed E-state index contributed by atoms with van der Waals surface area (Å²) in [4.78, 5) is 14.9. The van der Waals surface area contributed by atoms with Crippen molar-refractivity contribution in [2.75, 3.05) is 6.54 Å². The Bertz CT molecular complexity index is 999. The van der Waals surface area contributed by atoms with Gasteiger partial charge in [0.1, 0.15) is 0 Å². The number of nitriles is 1. The molecule has 4 nitrogen and oxygen atoms in total. The second kappa shape index (κ2) is 7.23. The molecule has 1 heterocycles. The summed E-state index contributed by atoms with van der Waals surface area (Å²) in [6.07, 6.45) is 0. The van der Waals surface area contributed by atoms with Crippen LogP contribution in [-0.4, -0.2) is 17.4 Å². The maximum Gasteiger partial charge on any atom is 0.290 e. The van der Waals surface area contributed by atoms with Gasteiger partial charge in [-0.2, -0.15) is 5.26 Å². The molecule has 2 aromatic carbocycles. The molecule has 0 bridgehead atoms. The van der Waals surface area contributed by atoms with Gasteiger partial charge in [-0.05, 0) is 44.5 Å². The number of carbonyl (C=O) groups excluding carboxylic acids is 1. The first kappa shape index (κ1) is 18.0. The molecule has 0 N–H and O–H groups in total. The van der Waals surface area contributed by atoms with Crippen LogP contribution in [0.5, 0.6) is 0 Å². The molecule has 0 spiro atoms. The van der Waals surface area contributed by atoms with E-state index in [1.807, 2.05) is 45.0 Å². The van der Waals surface area contributed by atoms with E-state index < -0.39 is 0 Å². The van der Waals surface area contributed by atoms with E-state index in [0.717, 1.165) is 16.5 Å². The molecule has 0 aliphatic heterocycles. The number of carbonyl (C=O) groups is 1. The van der Waals surface area contributed by atoms with Gasteiger partial charge in [-0.3, -0.25) is 4.79 Å². The zero-order chi connectivity index (χ0) is 18.8. The van der Waals surface area contributed by atoms with Crippen LogP contribution in [0.1, 0.15) is 47.1 Å². The van der Waals surface area contributed by atoms with E-state index in [9.17, 15) is 4.79 Å². The molecule has 1 aromatic heterocycles. The van der Waals surface area contributed by atoms with Gasteiger partial charge in [0.15, 0.2) is 11.3 Å². The van der Waals surface area contributed by atoms with Gasteiger partial charge in [-0.25, -0.2) is 0 Å². The third-order valence-corrected chi connectivity index (χ3v) is 5.00. The highest BCUT2D eigenvalue weighted by atomic mass is 35.5. The van der Waals surface area contributed by atoms with Crippen LogP contribution in [0.4, 0.5) is 0 Å². The van der Waals surface area contributed by atoms with E-state index in [1.54, 1.807) is 23.1 Å². The van der Waals surface area contributed by atoms with Crippen LogP contribution in [-0.2, 0) is 0 Å². The number of nitrogens with zero attached hydrogens (tertiary/aromatic N) is 2. The summed E-state index contributed by atoms with van der Waals surface area (Å²) in [6.45, 7) is 6.30. The van der Waals surface area contributed by atoms with Crippen molar-refractivity contribution in [3.8, 4) is 6.07 Å². The zero-order valence-electron chi connectivity index (χ0n) is 14.9. The van der Waals surface area contributed by atoms with Crippen molar-refractivity contribution < 1.29 is 9.21 Å². The quantitative estimate of drug-likeness (QED) is 0.613. The Balaban J connectivity index is 1.97. The number of fused-ring (bicyclic) bond motifs is 1. The smallest absolute Gasteiger partial charge is 0.290 e. The maximum atomic E-state index is 13.2. The first-order chi connectivity index (χ1) is 12.5. The minimum absolute atomic E-state index is 0.150. The summed E-state index contributed by atoms with van der Waals surface area (Å²) in [5.41, 5.74) is 2.89. The van der Waals surface area contributed by atoms with Crippen molar-refractivity contribution in [3.63, 3.8) is 0 Å². The molecular formula is C21H19ClN2O2. The summed E-state index contributed by atoms with van der Waals surface area (Å²) in [5, 5.41) is 10.3. The minimum Gasteiger partial charge on any atom is -0.449 e. The van der Waals surface area contributed by atoms with E-state index in [4.69, 9.17) is 21.3 Å². The van der Waals surface area contributed by atoms with E-state index >= 15 is 0 Å². The molecule has 0 fully saturated rings. The lowest BCUT2D eigenvalue weighted by Crippen LogP contribution is -2.33. The van der Waals surface area contributed by atoms with Gasteiger partial charge in [0.2, 0.25) is 0 Å². The lowest BCUT2D eigenvalue weighted by molar-refractivity contribution is 0.0671. The van der Waals surface area contributed by atoms with E-state index in [1.165, 1.54) is 0 Å². The van der Waals surface area contributed by atoms with Crippen molar-refractivity contribution in [2.45, 2.75) is 26.8 Å². The number of hydrogen-bond acceptors (Lipinski definition) is 3. The zero-order valence-corrected chi connectivity index (χ0v) is 15.7. The molecule has 1 amide bonds. The van der Waals surface area contributed by atoms with Crippen molar-refractivity contribution in [2.24, 2.45) is 0 Å². The van der Waals surface area contributed by atoms with Gasteiger partial charge < -0.3 is 9.32 Å². The van der Waals surface area contributed by atoms with Crippen LogP contribution in [0.15, 0.2) is 46.9 Å². The number of hydrogen-bond donors (Lipinski definition) is 0. The molecule has 0 saturated heterocycles. The van der Waals surface area contributed by atoms with Gasteiger partial charge in [0, 0.05) is 17.5 Å². The predicted octanol–water partition coefficient (Wildman–Crippen LogP) is 5.49. The van der Waals surface area contributed by atoms with Crippen LogP contribution in [0.25, 0.3) is 11.0 Å². The Morgan fingerprint density at radius 2 is 1.96 bits per heavy atom. The molecule has 1 atom stereocenters. The number of benzene rings is 2. The second-order valence-electron chi connectivity index (χ2n) is 6.17. The Labute approximate surface area is 157 Å². The molecule has 0 saturated carbocycles. The van der Waals surface area contributed by atoms with Crippen LogP contribution in [0.3, 0.4) is 0 Å². The first-order valence-electron chi connectivity index (χ1n) is 8.46. The fraction of sp³-hybridized carbons (Fsp3) is 0.238. The van der Waals surface area contributed by atoms with E-state index in [-0.39, 0.29) is 11.9 Å². The number of furan rings is 1. The molecule has 3 rings (SSSR count). The number of aryl methyl sites for hydroxylation is 1. The van der Waals surface area contributed by atoms with Gasteiger partial charge in [0.25, 0.3) is 5.91 Å². The van der Waals surface area contributed by atoms with Crippen molar-refractivity contribution in [3.05, 3.63) is 69.9 Å². The first-order valence-corrected chi connectivity index (χ1v) is 8.84. The normalized spacial score (nSPS) is 12.0. The fourth-order valence-electron chi connectivity index (χ4n) is 3.15. The Morgan fingerprint density at radius 1 is 1.27 bits per heavy atom. The minimum atomic E-state index is -0.172. The molecule has 26 heavy (non-hydrogen) atoms. The summed E-state index contributed by atoms with van der Waals surface area (Å²) in [6, 6.07) is 14.7. The fourth-order valence-corrected chi connectivity index (χ4v) is 3.37. The van der Waals surface area contributed by atoms with Crippen molar-refractivity contribution >= 4 is 28.5 Å². The van der Waals surface area contributed by atoms with Crippen LogP contribution in [0.2, 0.25) is 5.02 Å². The van der Waals surface area contributed by atoms with Gasteiger partial charge >= 0.3 is 0 Å². The molecule has 132 valence electrons. The monoisotopic (exact) mass is 366 g/mol. The number of amides is 1. The highest BCUT2D eigenvalue weighted by Crippen LogP contribution is 2.32. The number of para-hydroxylation sites is 1. The third kappa shape index (κ3) is 3.07. The third-order valence-electron chi connectivity index (χ3n) is 4.70. The molecular weight excluding hydrogens is 348 g/mol. The lowest BCUT2D eigenvalue weighted by Gasteiger charge is -2.28. The van der Waals surface area contributed by atoms with Crippen molar-refractivity contribution in [1.82, 2.24) is 4.90 Å². The molecule has 1 unspecified atom stereocenters. The molecule has 0 radical (unpaired) electrons. The van der Waals surface area contributed by atoms with Crippen LogP contribution in [0, 0.1) is 18.3 Å². The standard InChI is InChI=1S/C21H19ClN2O2/c1-4-24(14(3)16-10-8-15(12-23)9-11-16)21(25)19-13(2)17-6-5-7-18(22)20(17)26-19/h5-11,14H,4H2,1-3H3.